The lowest BCUT2D eigenvalue weighted by atomic mass is 9.52. The Morgan fingerprint density at radius 1 is 1.24 bits per heavy atom. The highest BCUT2D eigenvalue weighted by Gasteiger charge is 3.05. The Balaban J connectivity index is 1.57. The first-order valence-corrected chi connectivity index (χ1v) is 12.3. The van der Waals surface area contributed by atoms with E-state index in [1.807, 2.05) is 6.92 Å². The molecule has 5 fully saturated rings. The summed E-state index contributed by atoms with van der Waals surface area (Å²) in [5.74, 6) is -4.18. The number of fused-ring (bicyclic) bond motifs is 3. The number of aliphatic hydroxyl groups excluding tert-OH is 1. The second kappa shape index (κ2) is 5.90. The Bertz CT molecular complexity index is 1080. The van der Waals surface area contributed by atoms with Crippen LogP contribution < -0.4 is 0 Å². The van der Waals surface area contributed by atoms with E-state index in [4.69, 9.17) is 9.47 Å². The number of ether oxygens (including phenoxy) is 2. The fourth-order valence-electron chi connectivity index (χ4n) is 8.68. The number of hydrogen-bond donors (Lipinski definition) is 6. The predicted octanol–water partition coefficient (Wildman–Crippen LogP) is 0.697. The molecular formula is C25H35NO8. The van der Waals surface area contributed by atoms with Gasteiger partial charge >= 0.3 is 5.97 Å². The fraction of sp³-hybridized carbons (Fsp3) is 0.800. The number of nitrogens with one attached hydrogen (secondary N) is 1. The van der Waals surface area contributed by atoms with Crippen molar-refractivity contribution < 1.29 is 39.8 Å². The summed E-state index contributed by atoms with van der Waals surface area (Å²) in [6.45, 7) is 8.69. The molecule has 1 aliphatic heterocycles. The van der Waals surface area contributed by atoms with Gasteiger partial charge in [-0.05, 0) is 43.2 Å². The Morgan fingerprint density at radius 3 is 2.50 bits per heavy atom. The molecule has 1 unspecified atom stereocenters. The number of carbonyl (C=O) groups excluding carboxylic acids is 1. The number of esters is 1. The number of rotatable bonds is 3. The quantitative estimate of drug-likeness (QED) is 0.348. The smallest absolute Gasteiger partial charge is 0.355 e. The molecule has 1 aromatic rings. The van der Waals surface area contributed by atoms with Crippen LogP contribution in [0.3, 0.4) is 0 Å². The summed E-state index contributed by atoms with van der Waals surface area (Å²) in [6.07, 6.45) is -0.208. The molecular weight excluding hydrogens is 442 g/mol. The largest absolute Gasteiger partial charge is 0.451 e. The molecule has 0 radical (unpaired) electrons. The molecule has 2 heterocycles. The van der Waals surface area contributed by atoms with Crippen LogP contribution in [0.25, 0.3) is 0 Å². The lowest BCUT2D eigenvalue weighted by Gasteiger charge is -2.63. The zero-order valence-electron chi connectivity index (χ0n) is 20.2. The highest BCUT2D eigenvalue weighted by molar-refractivity contribution is 5.87. The summed E-state index contributed by atoms with van der Waals surface area (Å²) in [5, 5.41) is 59.8. The zero-order valence-corrected chi connectivity index (χ0v) is 20.2. The number of hydrogen-bond acceptors (Lipinski definition) is 8. The van der Waals surface area contributed by atoms with Crippen LogP contribution in [0.1, 0.15) is 64.4 Å². The molecule has 11 atom stereocenters. The van der Waals surface area contributed by atoms with Crippen molar-refractivity contribution in [2.45, 2.75) is 94.3 Å². The summed E-state index contributed by atoms with van der Waals surface area (Å²) >= 11 is 0. The maximum atomic E-state index is 13.1. The van der Waals surface area contributed by atoms with Gasteiger partial charge in [-0.1, -0.05) is 34.6 Å². The first-order chi connectivity index (χ1) is 15.6. The summed E-state index contributed by atoms with van der Waals surface area (Å²) in [7, 11) is 0. The van der Waals surface area contributed by atoms with E-state index in [0.717, 1.165) is 0 Å². The van der Waals surface area contributed by atoms with Gasteiger partial charge in [0.05, 0.1) is 17.4 Å². The second-order valence-corrected chi connectivity index (χ2v) is 12.3. The van der Waals surface area contributed by atoms with Gasteiger partial charge in [0.1, 0.15) is 28.1 Å². The van der Waals surface area contributed by atoms with Gasteiger partial charge < -0.3 is 40.0 Å². The first-order valence-electron chi connectivity index (χ1n) is 12.3. The van der Waals surface area contributed by atoms with Gasteiger partial charge in [-0.3, -0.25) is 0 Å². The van der Waals surface area contributed by atoms with Gasteiger partial charge in [0.15, 0.2) is 11.9 Å². The van der Waals surface area contributed by atoms with Crippen molar-refractivity contribution >= 4 is 5.97 Å². The average molecular weight is 478 g/mol. The van der Waals surface area contributed by atoms with Gasteiger partial charge in [0, 0.05) is 11.6 Å². The molecule has 0 aromatic carbocycles. The van der Waals surface area contributed by atoms with Crippen LogP contribution >= 0.6 is 0 Å². The van der Waals surface area contributed by atoms with Gasteiger partial charge in [-0.2, -0.15) is 0 Å². The van der Waals surface area contributed by atoms with Crippen molar-refractivity contribution in [1.82, 2.24) is 4.98 Å². The molecule has 188 valence electrons. The van der Waals surface area contributed by atoms with Crippen molar-refractivity contribution in [3.05, 3.63) is 24.0 Å². The van der Waals surface area contributed by atoms with Gasteiger partial charge in [-0.15, -0.1) is 0 Å². The third kappa shape index (κ3) is 1.89. The Labute approximate surface area is 198 Å². The molecule has 1 saturated heterocycles. The van der Waals surface area contributed by atoms with E-state index in [-0.39, 0.29) is 24.5 Å². The molecule has 1 spiro atoms. The zero-order chi connectivity index (χ0) is 24.9. The van der Waals surface area contributed by atoms with Crippen LogP contribution in [0.5, 0.6) is 0 Å². The number of aromatic nitrogens is 1. The lowest BCUT2D eigenvalue weighted by Crippen LogP contribution is -2.79. The van der Waals surface area contributed by atoms with Gasteiger partial charge in [-0.25, -0.2) is 4.79 Å². The number of carbonyl (C=O) groups is 1. The van der Waals surface area contributed by atoms with Crippen LogP contribution in [-0.2, 0) is 9.47 Å². The molecule has 9 nitrogen and oxygen atoms in total. The minimum Gasteiger partial charge on any atom is -0.451 e. The molecule has 0 bridgehead atoms. The topological polar surface area (TPSA) is 152 Å². The van der Waals surface area contributed by atoms with Crippen molar-refractivity contribution in [3.8, 4) is 0 Å². The van der Waals surface area contributed by atoms with E-state index in [1.165, 1.54) is 6.07 Å². The van der Waals surface area contributed by atoms with Crippen LogP contribution in [0, 0.1) is 28.6 Å². The maximum absolute atomic E-state index is 13.1. The molecule has 6 rings (SSSR count). The normalized spacial score (nSPS) is 59.0. The highest BCUT2D eigenvalue weighted by Crippen LogP contribution is 2.90. The number of H-pyrrole nitrogens is 1. The molecule has 6 N–H and O–H groups in total. The molecule has 1 aromatic heterocycles. The second-order valence-electron chi connectivity index (χ2n) is 12.3. The summed E-state index contributed by atoms with van der Waals surface area (Å²) < 4.78 is 12.1. The minimum absolute atomic E-state index is 0.0433. The molecule has 4 aliphatic carbocycles. The van der Waals surface area contributed by atoms with E-state index in [2.05, 4.69) is 4.98 Å². The van der Waals surface area contributed by atoms with E-state index in [0.29, 0.717) is 6.42 Å². The third-order valence-corrected chi connectivity index (χ3v) is 10.9. The van der Waals surface area contributed by atoms with Crippen LogP contribution in [0.2, 0.25) is 0 Å². The van der Waals surface area contributed by atoms with Crippen LogP contribution in [0.4, 0.5) is 0 Å². The standard InChI is InChI=1S/C25H35NO8/c1-12(2)23(31)18(33-16(28)14-7-6-10-26-14)21(29)11-19(21,4)22(30)9-8-13(3)15(27)24(22)17-20(23,5)25(17,32)34-24/h6-7,10,12-13,15,17-18,26-27,29-32H,8-9,11H2,1-5H3/t13-,15+,17?,18-,19-,20+,21+,22-,23+,24-,25-/m0/s1. The summed E-state index contributed by atoms with van der Waals surface area (Å²) in [5.41, 5.74) is -9.49. The van der Waals surface area contributed by atoms with E-state index >= 15 is 0 Å². The summed E-state index contributed by atoms with van der Waals surface area (Å²) in [6, 6.07) is 3.17. The van der Waals surface area contributed by atoms with Gasteiger partial charge in [0.2, 0.25) is 0 Å². The van der Waals surface area contributed by atoms with E-state index in [1.54, 1.807) is 40.0 Å². The average Bonchev–Trinajstić information content (AvgIpc) is 3.27. The molecule has 4 saturated carbocycles. The number of aliphatic hydroxyl groups is 5. The van der Waals surface area contributed by atoms with Crippen LogP contribution in [-0.4, -0.2) is 76.9 Å². The monoisotopic (exact) mass is 477 g/mol. The van der Waals surface area contributed by atoms with Crippen LogP contribution in [0.15, 0.2) is 18.3 Å². The summed E-state index contributed by atoms with van der Waals surface area (Å²) in [4.78, 5) is 15.9. The van der Waals surface area contributed by atoms with Gasteiger partial charge in [0.25, 0.3) is 0 Å². The molecule has 34 heavy (non-hydrogen) atoms. The third-order valence-electron chi connectivity index (χ3n) is 10.9. The highest BCUT2D eigenvalue weighted by atomic mass is 16.7. The van der Waals surface area contributed by atoms with Crippen molar-refractivity contribution in [2.24, 2.45) is 28.6 Å². The Kier molecular flexibility index (Phi) is 3.98. The van der Waals surface area contributed by atoms with Crippen molar-refractivity contribution in [2.75, 3.05) is 0 Å². The predicted molar refractivity (Wildman–Crippen MR) is 117 cm³/mol. The molecule has 0 amide bonds. The minimum atomic E-state index is -1.92. The Morgan fingerprint density at radius 2 is 1.91 bits per heavy atom. The first kappa shape index (κ1) is 22.9. The van der Waals surface area contributed by atoms with Crippen molar-refractivity contribution in [3.63, 3.8) is 0 Å². The molecule has 5 aliphatic rings. The Hall–Kier alpha value is -1.49. The van der Waals surface area contributed by atoms with Crippen molar-refractivity contribution in [1.29, 1.82) is 0 Å². The molecule has 9 heteroatoms. The van der Waals surface area contributed by atoms with E-state index < -0.39 is 69.0 Å². The lowest BCUT2D eigenvalue weighted by molar-refractivity contribution is -0.407. The van der Waals surface area contributed by atoms with E-state index in [9.17, 15) is 30.3 Å². The SMILES string of the molecule is CC(C)[C@@]1(O)[C@@H](OC(=O)c2ccc[nH]2)[C@]2(O)C[C@]2(C)[C@@]2(O)CC[C@H](C)[C@@H](O)[C@@]23O[C@@]2(O)C3[C@@]21C. The number of aromatic amines is 1. The fourth-order valence-corrected chi connectivity index (χ4v) is 8.68. The maximum Gasteiger partial charge on any atom is 0.355 e.